The maximum Gasteiger partial charge on any atom is 0.458 e. The lowest BCUT2D eigenvalue weighted by Gasteiger charge is -2.21. The van der Waals surface area contributed by atoms with Crippen LogP contribution in [-0.4, -0.2) is 17.6 Å². The highest BCUT2D eigenvalue weighted by molar-refractivity contribution is 7.52. The lowest BCUT2D eigenvalue weighted by atomic mass is 10.2. The molecule has 108 valence electrons. The highest BCUT2D eigenvalue weighted by Gasteiger charge is 2.27. The van der Waals surface area contributed by atoms with Crippen molar-refractivity contribution in [3.63, 3.8) is 0 Å². The second-order valence-electron chi connectivity index (χ2n) is 4.62. The summed E-state index contributed by atoms with van der Waals surface area (Å²) in [5, 5.41) is 3.67. The number of para-hydroxylation sites is 1. The summed E-state index contributed by atoms with van der Waals surface area (Å²) >= 11 is 0. The van der Waals surface area contributed by atoms with E-state index in [0.29, 0.717) is 12.4 Å². The first kappa shape index (κ1) is 15.0. The van der Waals surface area contributed by atoms with Crippen LogP contribution in [0.2, 0.25) is 0 Å². The van der Waals surface area contributed by atoms with E-state index >= 15 is 0 Å². The molecule has 1 atom stereocenters. The zero-order valence-corrected chi connectivity index (χ0v) is 12.8. The normalized spacial score (nSPS) is 14.4. The van der Waals surface area contributed by atoms with Crippen LogP contribution in [0.5, 0.6) is 5.75 Å². The Labute approximate surface area is 118 Å². The standard InChI is InChI=1S/C14H19N2O3P/c1-4-18-20(17,16-11(2)3)19-14-9-10-15-13-8-6-5-7-12(13)14/h5-11H,4H2,1-3H3,(H,16,17). The van der Waals surface area contributed by atoms with Crippen molar-refractivity contribution in [2.75, 3.05) is 6.61 Å². The summed E-state index contributed by atoms with van der Waals surface area (Å²) in [5.74, 6) is 0.500. The van der Waals surface area contributed by atoms with Crippen molar-refractivity contribution in [2.24, 2.45) is 0 Å². The van der Waals surface area contributed by atoms with E-state index in [1.807, 2.05) is 38.1 Å². The maximum absolute atomic E-state index is 12.7. The molecule has 0 saturated heterocycles. The zero-order valence-electron chi connectivity index (χ0n) is 11.9. The topological polar surface area (TPSA) is 60.5 Å². The molecule has 1 heterocycles. The highest BCUT2D eigenvalue weighted by Crippen LogP contribution is 2.46. The van der Waals surface area contributed by atoms with Gasteiger partial charge >= 0.3 is 7.75 Å². The monoisotopic (exact) mass is 294 g/mol. The van der Waals surface area contributed by atoms with Crippen molar-refractivity contribution in [1.82, 2.24) is 10.1 Å². The van der Waals surface area contributed by atoms with Gasteiger partial charge in [-0.3, -0.25) is 9.51 Å². The predicted molar refractivity (Wildman–Crippen MR) is 79.9 cm³/mol. The number of fused-ring (bicyclic) bond motifs is 1. The number of benzene rings is 1. The summed E-state index contributed by atoms with van der Waals surface area (Å²) in [5.41, 5.74) is 0.789. The molecule has 2 aromatic rings. The molecule has 1 aromatic heterocycles. The fourth-order valence-corrected chi connectivity index (χ4v) is 3.43. The second kappa shape index (κ2) is 6.35. The first-order valence-electron chi connectivity index (χ1n) is 6.60. The average Bonchev–Trinajstić information content (AvgIpc) is 2.38. The van der Waals surface area contributed by atoms with Crippen molar-refractivity contribution < 1.29 is 13.6 Å². The van der Waals surface area contributed by atoms with Crippen LogP contribution in [0.3, 0.4) is 0 Å². The number of nitrogens with zero attached hydrogens (tertiary/aromatic N) is 1. The number of hydrogen-bond donors (Lipinski definition) is 1. The van der Waals surface area contributed by atoms with Crippen LogP contribution in [0.1, 0.15) is 20.8 Å². The van der Waals surface area contributed by atoms with E-state index in [9.17, 15) is 4.57 Å². The molecule has 0 aliphatic carbocycles. The van der Waals surface area contributed by atoms with Gasteiger partial charge in [-0.15, -0.1) is 0 Å². The minimum Gasteiger partial charge on any atom is -0.412 e. The van der Waals surface area contributed by atoms with Crippen molar-refractivity contribution in [2.45, 2.75) is 26.8 Å². The van der Waals surface area contributed by atoms with Gasteiger partial charge in [0.15, 0.2) is 0 Å². The molecule has 0 radical (unpaired) electrons. The summed E-state index contributed by atoms with van der Waals surface area (Å²) in [6, 6.07) is 9.22. The third kappa shape index (κ3) is 3.57. The minimum atomic E-state index is -3.38. The quantitative estimate of drug-likeness (QED) is 0.822. The first-order chi connectivity index (χ1) is 9.54. The molecule has 5 nitrogen and oxygen atoms in total. The lowest BCUT2D eigenvalue weighted by molar-refractivity contribution is 0.266. The van der Waals surface area contributed by atoms with Crippen molar-refractivity contribution in [3.8, 4) is 5.75 Å². The number of rotatable bonds is 6. The van der Waals surface area contributed by atoms with Crippen molar-refractivity contribution >= 4 is 18.6 Å². The van der Waals surface area contributed by atoms with Gasteiger partial charge in [-0.1, -0.05) is 12.1 Å². The molecule has 0 aliphatic rings. The van der Waals surface area contributed by atoms with Gasteiger partial charge in [0.05, 0.1) is 12.1 Å². The molecule has 0 spiro atoms. The smallest absolute Gasteiger partial charge is 0.412 e. The molecule has 20 heavy (non-hydrogen) atoms. The van der Waals surface area contributed by atoms with Crippen LogP contribution in [0, 0.1) is 0 Å². The fourth-order valence-electron chi connectivity index (χ4n) is 1.85. The predicted octanol–water partition coefficient (Wildman–Crippen LogP) is 3.76. The number of aromatic nitrogens is 1. The van der Waals surface area contributed by atoms with Gasteiger partial charge in [0, 0.05) is 17.6 Å². The van der Waals surface area contributed by atoms with Crippen molar-refractivity contribution in [3.05, 3.63) is 36.5 Å². The molecule has 0 bridgehead atoms. The fraction of sp³-hybridized carbons (Fsp3) is 0.357. The molecule has 1 N–H and O–H groups in total. The van der Waals surface area contributed by atoms with Gasteiger partial charge in [-0.2, -0.15) is 0 Å². The summed E-state index contributed by atoms with van der Waals surface area (Å²) in [7, 11) is -3.38. The zero-order chi connectivity index (χ0) is 14.6. The Kier molecular flexibility index (Phi) is 4.76. The van der Waals surface area contributed by atoms with Gasteiger partial charge in [0.2, 0.25) is 0 Å². The SMILES string of the molecule is CCOP(=O)(NC(C)C)Oc1ccnc2ccccc12. The molecule has 1 unspecified atom stereocenters. The molecule has 1 aromatic carbocycles. The van der Waals surface area contributed by atoms with Crippen molar-refractivity contribution in [1.29, 1.82) is 0 Å². The molecule has 0 fully saturated rings. The average molecular weight is 294 g/mol. The summed E-state index contributed by atoms with van der Waals surface area (Å²) < 4.78 is 23.6. The molecular weight excluding hydrogens is 275 g/mol. The van der Waals surface area contributed by atoms with E-state index in [2.05, 4.69) is 10.1 Å². The number of hydrogen-bond acceptors (Lipinski definition) is 4. The van der Waals surface area contributed by atoms with Crippen LogP contribution in [0.25, 0.3) is 10.9 Å². The van der Waals surface area contributed by atoms with E-state index in [0.717, 1.165) is 10.9 Å². The van der Waals surface area contributed by atoms with Gasteiger partial charge in [-0.05, 0) is 39.0 Å². The molecule has 6 heteroatoms. The summed E-state index contributed by atoms with van der Waals surface area (Å²) in [4.78, 5) is 4.25. The highest BCUT2D eigenvalue weighted by atomic mass is 31.2. The van der Waals surface area contributed by atoms with Crippen LogP contribution >= 0.6 is 7.75 Å². The van der Waals surface area contributed by atoms with Crippen LogP contribution in [0.15, 0.2) is 36.5 Å². The Balaban J connectivity index is 2.36. The Bertz CT molecular complexity index is 625. The second-order valence-corrected chi connectivity index (χ2v) is 6.31. The maximum atomic E-state index is 12.7. The van der Waals surface area contributed by atoms with E-state index in [-0.39, 0.29) is 6.04 Å². The minimum absolute atomic E-state index is 0.0134. The largest absolute Gasteiger partial charge is 0.458 e. The molecule has 2 rings (SSSR count). The number of pyridine rings is 1. The molecule has 0 saturated carbocycles. The van der Waals surface area contributed by atoms with Gasteiger partial charge in [-0.25, -0.2) is 9.65 Å². The molecule has 0 amide bonds. The molecule has 0 aliphatic heterocycles. The lowest BCUT2D eigenvalue weighted by Crippen LogP contribution is -2.23. The Morgan fingerprint density at radius 3 is 2.75 bits per heavy atom. The van der Waals surface area contributed by atoms with Gasteiger partial charge in [0.1, 0.15) is 5.75 Å². The number of nitrogens with one attached hydrogen (secondary N) is 1. The van der Waals surface area contributed by atoms with Crippen LogP contribution < -0.4 is 9.61 Å². The van der Waals surface area contributed by atoms with Gasteiger partial charge < -0.3 is 4.52 Å². The Hall–Kier alpha value is -1.42. The first-order valence-corrected chi connectivity index (χ1v) is 8.14. The van der Waals surface area contributed by atoms with E-state index in [4.69, 9.17) is 9.05 Å². The third-order valence-electron chi connectivity index (χ3n) is 2.54. The Morgan fingerprint density at radius 1 is 1.30 bits per heavy atom. The summed E-state index contributed by atoms with van der Waals surface area (Å²) in [6.07, 6.45) is 1.63. The van der Waals surface area contributed by atoms with Crippen LogP contribution in [0.4, 0.5) is 0 Å². The third-order valence-corrected chi connectivity index (χ3v) is 4.41. The van der Waals surface area contributed by atoms with Crippen LogP contribution in [-0.2, 0) is 9.09 Å². The van der Waals surface area contributed by atoms with E-state index in [1.54, 1.807) is 19.2 Å². The van der Waals surface area contributed by atoms with E-state index in [1.165, 1.54) is 0 Å². The Morgan fingerprint density at radius 2 is 2.05 bits per heavy atom. The summed E-state index contributed by atoms with van der Waals surface area (Å²) in [6.45, 7) is 5.86. The van der Waals surface area contributed by atoms with Gasteiger partial charge in [0.25, 0.3) is 0 Å². The molecular formula is C14H19N2O3P. The van der Waals surface area contributed by atoms with E-state index < -0.39 is 7.75 Å².